The van der Waals surface area contributed by atoms with E-state index in [0.29, 0.717) is 17.0 Å². The van der Waals surface area contributed by atoms with Gasteiger partial charge >= 0.3 is 0 Å². The molecule has 0 amide bonds. The van der Waals surface area contributed by atoms with Crippen molar-refractivity contribution in [2.45, 2.75) is 25.3 Å². The maximum Gasteiger partial charge on any atom is 0.124 e. The predicted octanol–water partition coefficient (Wildman–Crippen LogP) is 4.07. The Labute approximate surface area is 143 Å². The van der Waals surface area contributed by atoms with Crippen molar-refractivity contribution < 1.29 is 4.39 Å². The minimum absolute atomic E-state index is 0. The Balaban J connectivity index is 0.00000110. The van der Waals surface area contributed by atoms with E-state index in [2.05, 4.69) is 10.2 Å². The summed E-state index contributed by atoms with van der Waals surface area (Å²) in [7, 11) is 0. The summed E-state index contributed by atoms with van der Waals surface area (Å²) in [4.78, 5) is 2.51. The maximum atomic E-state index is 13.2. The van der Waals surface area contributed by atoms with Gasteiger partial charge in [0, 0.05) is 37.2 Å². The fraction of sp³-hybridized carbons (Fsp3) is 0.600. The van der Waals surface area contributed by atoms with E-state index < -0.39 is 0 Å². The Bertz CT molecular complexity index is 449. The van der Waals surface area contributed by atoms with Gasteiger partial charge in [0.2, 0.25) is 0 Å². The van der Waals surface area contributed by atoms with Gasteiger partial charge in [-0.15, -0.1) is 24.8 Å². The van der Waals surface area contributed by atoms with Crippen molar-refractivity contribution in [1.82, 2.24) is 10.2 Å². The van der Waals surface area contributed by atoms with Crippen molar-refractivity contribution in [1.29, 1.82) is 0 Å². The molecule has 0 aromatic heterocycles. The summed E-state index contributed by atoms with van der Waals surface area (Å²) in [6, 6.07) is 5.23. The lowest BCUT2D eigenvalue weighted by molar-refractivity contribution is 0.0837. The van der Waals surface area contributed by atoms with Crippen LogP contribution in [0.4, 0.5) is 4.39 Å². The Morgan fingerprint density at radius 2 is 1.86 bits per heavy atom. The van der Waals surface area contributed by atoms with Gasteiger partial charge in [-0.25, -0.2) is 4.39 Å². The molecule has 21 heavy (non-hydrogen) atoms. The molecule has 2 aliphatic rings. The number of benzene rings is 1. The smallest absolute Gasteiger partial charge is 0.124 e. The van der Waals surface area contributed by atoms with Crippen LogP contribution < -0.4 is 5.32 Å². The molecule has 2 fully saturated rings. The molecule has 0 unspecified atom stereocenters. The SMILES string of the molecule is Cl.Cl.Fc1ccc([C@H](C2CCC2)N2CCNCC2)c(Cl)c1. The zero-order valence-corrected chi connectivity index (χ0v) is 14.2. The topological polar surface area (TPSA) is 15.3 Å². The average molecular weight is 356 g/mol. The summed E-state index contributed by atoms with van der Waals surface area (Å²) in [5, 5.41) is 3.96. The number of hydrogen-bond donors (Lipinski definition) is 1. The molecule has 0 radical (unpaired) electrons. The second-order valence-electron chi connectivity index (χ2n) is 5.59. The molecule has 1 heterocycles. The Hall–Kier alpha value is -0.0600. The number of hydrogen-bond acceptors (Lipinski definition) is 2. The zero-order valence-electron chi connectivity index (χ0n) is 11.9. The molecule has 1 saturated carbocycles. The largest absolute Gasteiger partial charge is 0.314 e. The van der Waals surface area contributed by atoms with Crippen LogP contribution in [-0.2, 0) is 0 Å². The number of nitrogens with one attached hydrogen (secondary N) is 1. The highest BCUT2D eigenvalue weighted by atomic mass is 35.5. The van der Waals surface area contributed by atoms with Crippen LogP contribution in [-0.4, -0.2) is 31.1 Å². The number of rotatable bonds is 3. The molecule has 2 nitrogen and oxygen atoms in total. The monoisotopic (exact) mass is 354 g/mol. The van der Waals surface area contributed by atoms with Gasteiger partial charge in [0.1, 0.15) is 5.82 Å². The molecule has 0 spiro atoms. The summed E-state index contributed by atoms with van der Waals surface area (Å²) < 4.78 is 13.2. The van der Waals surface area contributed by atoms with E-state index in [-0.39, 0.29) is 30.6 Å². The van der Waals surface area contributed by atoms with Gasteiger partial charge in [0.15, 0.2) is 0 Å². The van der Waals surface area contributed by atoms with Crippen molar-refractivity contribution in [2.24, 2.45) is 5.92 Å². The van der Waals surface area contributed by atoms with E-state index >= 15 is 0 Å². The lowest BCUT2D eigenvalue weighted by atomic mass is 9.76. The molecule has 0 bridgehead atoms. The molecule has 6 heteroatoms. The Morgan fingerprint density at radius 3 is 2.38 bits per heavy atom. The van der Waals surface area contributed by atoms with E-state index in [1.54, 1.807) is 0 Å². The van der Waals surface area contributed by atoms with E-state index in [1.807, 2.05) is 6.07 Å². The Morgan fingerprint density at radius 1 is 1.19 bits per heavy atom. The predicted molar refractivity (Wildman–Crippen MR) is 90.4 cm³/mol. The Kier molecular flexibility index (Phi) is 7.72. The summed E-state index contributed by atoms with van der Waals surface area (Å²) in [6.45, 7) is 4.16. The van der Waals surface area contributed by atoms with Crippen molar-refractivity contribution in [3.05, 3.63) is 34.6 Å². The van der Waals surface area contributed by atoms with Crippen LogP contribution in [0.5, 0.6) is 0 Å². The molecule has 1 saturated heterocycles. The summed E-state index contributed by atoms with van der Waals surface area (Å²) in [5.74, 6) is 0.433. The molecular weight excluding hydrogens is 334 g/mol. The first-order valence-corrected chi connectivity index (χ1v) is 7.53. The minimum Gasteiger partial charge on any atom is -0.314 e. The molecule has 1 N–H and O–H groups in total. The summed E-state index contributed by atoms with van der Waals surface area (Å²) in [6.07, 6.45) is 3.84. The highest BCUT2D eigenvalue weighted by Crippen LogP contribution is 2.43. The fourth-order valence-electron chi connectivity index (χ4n) is 3.21. The van der Waals surface area contributed by atoms with Gasteiger partial charge < -0.3 is 5.32 Å². The zero-order chi connectivity index (χ0) is 13.2. The van der Waals surface area contributed by atoms with Crippen LogP contribution in [0.2, 0.25) is 5.02 Å². The fourth-order valence-corrected chi connectivity index (χ4v) is 3.49. The van der Waals surface area contributed by atoms with Gasteiger partial charge in [0.25, 0.3) is 0 Å². The van der Waals surface area contributed by atoms with E-state index in [1.165, 1.54) is 31.4 Å². The third-order valence-corrected chi connectivity index (χ3v) is 4.75. The van der Waals surface area contributed by atoms with E-state index in [4.69, 9.17) is 11.6 Å². The van der Waals surface area contributed by atoms with Crippen LogP contribution in [0.15, 0.2) is 18.2 Å². The van der Waals surface area contributed by atoms with Crippen molar-refractivity contribution in [3.63, 3.8) is 0 Å². The number of piperazine rings is 1. The van der Waals surface area contributed by atoms with Crippen LogP contribution in [0.25, 0.3) is 0 Å². The normalized spacial score (nSPS) is 20.9. The maximum absolute atomic E-state index is 13.2. The van der Waals surface area contributed by atoms with Gasteiger partial charge in [-0.1, -0.05) is 24.1 Å². The molecule has 1 aliphatic heterocycles. The second kappa shape index (κ2) is 8.54. The first-order valence-electron chi connectivity index (χ1n) is 7.15. The highest BCUT2D eigenvalue weighted by molar-refractivity contribution is 6.31. The molecule has 1 atom stereocenters. The summed E-state index contributed by atoms with van der Waals surface area (Å²) >= 11 is 6.29. The molecular formula is C15H22Cl3FN2. The third-order valence-electron chi connectivity index (χ3n) is 4.42. The number of nitrogens with zero attached hydrogens (tertiary/aromatic N) is 1. The standard InChI is InChI=1S/C15H20ClFN2.2ClH/c16-14-10-12(17)4-5-13(14)15(11-2-1-3-11)19-8-6-18-7-9-19;;/h4-5,10-11,15,18H,1-3,6-9H2;2*1H/t15-;;/m0../s1. The van der Waals surface area contributed by atoms with Gasteiger partial charge in [-0.2, -0.15) is 0 Å². The van der Waals surface area contributed by atoms with Gasteiger partial charge in [-0.3, -0.25) is 4.90 Å². The van der Waals surface area contributed by atoms with Crippen LogP contribution >= 0.6 is 36.4 Å². The lowest BCUT2D eigenvalue weighted by Crippen LogP contribution is -2.47. The van der Waals surface area contributed by atoms with Gasteiger partial charge in [0.05, 0.1) is 0 Å². The lowest BCUT2D eigenvalue weighted by Gasteiger charge is -2.43. The second-order valence-corrected chi connectivity index (χ2v) is 5.99. The summed E-state index contributed by atoms with van der Waals surface area (Å²) in [5.41, 5.74) is 1.11. The first-order chi connectivity index (χ1) is 9.25. The van der Waals surface area contributed by atoms with Crippen molar-refractivity contribution in [2.75, 3.05) is 26.2 Å². The molecule has 1 aliphatic carbocycles. The third kappa shape index (κ3) is 4.23. The van der Waals surface area contributed by atoms with Crippen molar-refractivity contribution in [3.8, 4) is 0 Å². The van der Waals surface area contributed by atoms with Crippen LogP contribution in [0.3, 0.4) is 0 Å². The highest BCUT2D eigenvalue weighted by Gasteiger charge is 2.34. The quantitative estimate of drug-likeness (QED) is 0.879. The van der Waals surface area contributed by atoms with Crippen LogP contribution in [0, 0.1) is 11.7 Å². The molecule has 120 valence electrons. The minimum atomic E-state index is -0.249. The molecule has 3 rings (SSSR count). The van der Waals surface area contributed by atoms with Gasteiger partial charge in [-0.05, 0) is 36.5 Å². The number of halogens is 4. The van der Waals surface area contributed by atoms with E-state index in [0.717, 1.165) is 31.7 Å². The average Bonchev–Trinajstić information content (AvgIpc) is 2.35. The van der Waals surface area contributed by atoms with Crippen LogP contribution in [0.1, 0.15) is 30.9 Å². The van der Waals surface area contributed by atoms with E-state index in [9.17, 15) is 4.39 Å². The molecule has 1 aromatic rings. The first kappa shape index (κ1) is 19.0. The van der Waals surface area contributed by atoms with Crippen molar-refractivity contribution >= 4 is 36.4 Å². The molecule has 1 aromatic carbocycles.